The van der Waals surface area contributed by atoms with Gasteiger partial charge in [-0.25, -0.2) is 25.6 Å². The van der Waals surface area contributed by atoms with Crippen LogP contribution in [0.5, 0.6) is 0 Å². The highest BCUT2D eigenvalue weighted by atomic mass is 32.2. The predicted octanol–water partition coefficient (Wildman–Crippen LogP) is 0.279. The van der Waals surface area contributed by atoms with Crippen LogP contribution in [0.4, 0.5) is 8.78 Å². The first-order chi connectivity index (χ1) is 11.6. The smallest absolute Gasteiger partial charge is 0.249 e. The highest BCUT2D eigenvalue weighted by Crippen LogP contribution is 2.22. The van der Waals surface area contributed by atoms with Gasteiger partial charge in [-0.3, -0.25) is 4.79 Å². The summed E-state index contributed by atoms with van der Waals surface area (Å²) < 4.78 is 75.9. The minimum atomic E-state index is -4.56. The average Bonchev–Trinajstić information content (AvgIpc) is 2.82. The van der Waals surface area contributed by atoms with Crippen LogP contribution in [-0.2, 0) is 24.7 Å². The van der Waals surface area contributed by atoms with E-state index in [9.17, 15) is 30.4 Å². The van der Waals surface area contributed by atoms with Crippen LogP contribution < -0.4 is 5.32 Å². The number of hydrogen-bond acceptors (Lipinski definition) is 5. The molecule has 1 amide bonds. The molecule has 1 N–H and O–H groups in total. The summed E-state index contributed by atoms with van der Waals surface area (Å²) in [5.74, 6) is -3.49. The van der Waals surface area contributed by atoms with Crippen LogP contribution in [0.15, 0.2) is 23.1 Å². The van der Waals surface area contributed by atoms with Crippen molar-refractivity contribution in [3.05, 3.63) is 29.8 Å². The molecule has 0 aliphatic carbocycles. The second-order valence-electron chi connectivity index (χ2n) is 5.65. The van der Waals surface area contributed by atoms with Gasteiger partial charge in [0.05, 0.1) is 18.1 Å². The predicted molar refractivity (Wildman–Crippen MR) is 86.0 cm³/mol. The lowest BCUT2D eigenvalue weighted by Crippen LogP contribution is -2.44. The van der Waals surface area contributed by atoms with Crippen LogP contribution >= 0.6 is 0 Å². The highest BCUT2D eigenvalue weighted by Gasteiger charge is 2.33. The fourth-order valence-electron chi connectivity index (χ4n) is 2.57. The van der Waals surface area contributed by atoms with E-state index >= 15 is 0 Å². The molecule has 1 aliphatic heterocycles. The number of amides is 1. The topological polar surface area (TPSA) is 101 Å². The van der Waals surface area contributed by atoms with Crippen molar-refractivity contribution in [2.24, 2.45) is 0 Å². The largest absolute Gasteiger partial charge is 0.351 e. The van der Waals surface area contributed by atoms with E-state index in [2.05, 4.69) is 5.32 Å². The van der Waals surface area contributed by atoms with E-state index in [-0.39, 0.29) is 24.5 Å². The highest BCUT2D eigenvalue weighted by molar-refractivity contribution is 7.91. The summed E-state index contributed by atoms with van der Waals surface area (Å²) in [6.45, 7) is 0.569. The molecule has 1 aliphatic rings. The van der Waals surface area contributed by atoms with E-state index < -0.39 is 54.9 Å². The molecule has 11 heteroatoms. The summed E-state index contributed by atoms with van der Waals surface area (Å²) in [7, 11) is -7.76. The third kappa shape index (κ3) is 4.53. The maximum absolute atomic E-state index is 13.8. The van der Waals surface area contributed by atoms with Gasteiger partial charge < -0.3 is 5.32 Å². The summed E-state index contributed by atoms with van der Waals surface area (Å²) in [5.41, 5.74) is 0. The molecule has 2 rings (SSSR count). The Morgan fingerprint density at radius 3 is 2.40 bits per heavy atom. The Kier molecular flexibility index (Phi) is 5.79. The number of nitrogens with one attached hydrogen (secondary N) is 1. The molecule has 1 atom stereocenters. The molecule has 0 radical (unpaired) electrons. The van der Waals surface area contributed by atoms with Gasteiger partial charge >= 0.3 is 0 Å². The molecule has 1 saturated heterocycles. The van der Waals surface area contributed by atoms with E-state index in [1.54, 1.807) is 0 Å². The van der Waals surface area contributed by atoms with Crippen LogP contribution in [-0.4, -0.2) is 57.7 Å². The van der Waals surface area contributed by atoms with Crippen LogP contribution in [0.2, 0.25) is 0 Å². The molecule has 1 aromatic rings. The Labute approximate surface area is 145 Å². The Morgan fingerprint density at radius 2 is 1.92 bits per heavy atom. The quantitative estimate of drug-likeness (QED) is 0.744. The fourth-order valence-corrected chi connectivity index (χ4v) is 5.75. The minimum absolute atomic E-state index is 0.0474. The number of sulfonamides is 1. The van der Waals surface area contributed by atoms with Crippen LogP contribution in [0.3, 0.4) is 0 Å². The van der Waals surface area contributed by atoms with Gasteiger partial charge in [0, 0.05) is 12.6 Å². The van der Waals surface area contributed by atoms with Crippen molar-refractivity contribution < 1.29 is 30.4 Å². The van der Waals surface area contributed by atoms with Gasteiger partial charge in [0.1, 0.15) is 11.6 Å². The summed E-state index contributed by atoms with van der Waals surface area (Å²) >= 11 is 0. The molecule has 7 nitrogen and oxygen atoms in total. The maximum atomic E-state index is 13.8. The molecule has 0 spiro atoms. The first-order valence-corrected chi connectivity index (χ1v) is 10.8. The summed E-state index contributed by atoms with van der Waals surface area (Å²) in [6, 6.07) is 2.07. The number of carbonyl (C=O) groups is 1. The van der Waals surface area contributed by atoms with Crippen molar-refractivity contribution in [1.29, 1.82) is 0 Å². The van der Waals surface area contributed by atoms with E-state index in [1.165, 1.54) is 6.92 Å². The Bertz CT molecular complexity index is 851. The lowest BCUT2D eigenvalue weighted by Gasteiger charge is -2.21. The van der Waals surface area contributed by atoms with Crippen molar-refractivity contribution in [3.63, 3.8) is 0 Å². The number of likely N-dealkylation sites (N-methyl/N-ethyl adjacent to an activating group) is 1. The van der Waals surface area contributed by atoms with Crippen LogP contribution in [0.1, 0.15) is 13.3 Å². The number of benzene rings is 1. The normalized spacial score (nSPS) is 19.9. The van der Waals surface area contributed by atoms with Crippen molar-refractivity contribution in [1.82, 2.24) is 9.62 Å². The SMILES string of the molecule is CCN(CC(=O)N[C@@H]1CCS(=O)(=O)C1)S(=O)(=O)c1c(F)cccc1F. The second kappa shape index (κ2) is 7.34. The van der Waals surface area contributed by atoms with Gasteiger partial charge in [0.2, 0.25) is 15.9 Å². The van der Waals surface area contributed by atoms with E-state index in [1.807, 2.05) is 0 Å². The lowest BCUT2D eigenvalue weighted by atomic mass is 10.2. The van der Waals surface area contributed by atoms with Gasteiger partial charge in [0.25, 0.3) is 0 Å². The molecule has 0 aromatic heterocycles. The Morgan fingerprint density at radius 1 is 1.32 bits per heavy atom. The standard InChI is InChI=1S/C14H18F2N2O5S2/c1-2-18(8-13(19)17-10-6-7-24(20,21)9-10)25(22,23)14-11(15)4-3-5-12(14)16/h3-5,10H,2,6-9H2,1H3,(H,17,19)/t10-/m1/s1. The van der Waals surface area contributed by atoms with Gasteiger partial charge in [0.15, 0.2) is 14.7 Å². The molecule has 25 heavy (non-hydrogen) atoms. The molecule has 0 bridgehead atoms. The Balaban J connectivity index is 2.15. The van der Waals surface area contributed by atoms with Crippen molar-refractivity contribution in [2.75, 3.05) is 24.6 Å². The van der Waals surface area contributed by atoms with Gasteiger partial charge in [-0.15, -0.1) is 0 Å². The van der Waals surface area contributed by atoms with Crippen LogP contribution in [0, 0.1) is 11.6 Å². The summed E-state index contributed by atoms with van der Waals surface area (Å²) in [6.07, 6.45) is 0.245. The molecule has 0 unspecified atom stereocenters. The molecule has 0 saturated carbocycles. The molecular weight excluding hydrogens is 378 g/mol. The first kappa shape index (κ1) is 19.7. The summed E-state index contributed by atoms with van der Waals surface area (Å²) in [4.78, 5) is 10.9. The van der Waals surface area contributed by atoms with Crippen LogP contribution in [0.25, 0.3) is 0 Å². The fraction of sp³-hybridized carbons (Fsp3) is 0.500. The zero-order valence-corrected chi connectivity index (χ0v) is 15.0. The number of halogens is 2. The summed E-state index contributed by atoms with van der Waals surface area (Å²) in [5, 5.41) is 2.44. The third-order valence-corrected chi connectivity index (χ3v) is 7.53. The van der Waals surface area contributed by atoms with Crippen molar-refractivity contribution in [2.45, 2.75) is 24.3 Å². The number of sulfone groups is 1. The van der Waals surface area contributed by atoms with Gasteiger partial charge in [-0.2, -0.15) is 4.31 Å². The van der Waals surface area contributed by atoms with E-state index in [4.69, 9.17) is 0 Å². The van der Waals surface area contributed by atoms with Gasteiger partial charge in [-0.05, 0) is 18.6 Å². The van der Waals surface area contributed by atoms with Crippen molar-refractivity contribution >= 4 is 25.8 Å². The second-order valence-corrected chi connectivity index (χ2v) is 9.75. The average molecular weight is 396 g/mol. The molecule has 1 fully saturated rings. The molecule has 140 valence electrons. The third-order valence-electron chi connectivity index (χ3n) is 3.79. The number of rotatable bonds is 6. The molecule has 1 heterocycles. The zero-order chi connectivity index (χ0) is 18.8. The van der Waals surface area contributed by atoms with Crippen molar-refractivity contribution in [3.8, 4) is 0 Å². The molecule has 1 aromatic carbocycles. The van der Waals surface area contributed by atoms with E-state index in [0.717, 1.165) is 18.2 Å². The Hall–Kier alpha value is -1.59. The first-order valence-electron chi connectivity index (χ1n) is 7.51. The number of nitrogens with zero attached hydrogens (tertiary/aromatic N) is 1. The maximum Gasteiger partial charge on any atom is 0.249 e. The van der Waals surface area contributed by atoms with E-state index in [0.29, 0.717) is 4.31 Å². The molecular formula is C14H18F2N2O5S2. The van der Waals surface area contributed by atoms with Gasteiger partial charge in [-0.1, -0.05) is 13.0 Å². The lowest BCUT2D eigenvalue weighted by molar-refractivity contribution is -0.121. The zero-order valence-electron chi connectivity index (χ0n) is 13.4. The number of carbonyl (C=O) groups excluding carboxylic acids is 1. The monoisotopic (exact) mass is 396 g/mol. The minimum Gasteiger partial charge on any atom is -0.351 e. The number of hydrogen-bond donors (Lipinski definition) is 1.